The van der Waals surface area contributed by atoms with Crippen LogP contribution in [-0.2, 0) is 11.8 Å². The Labute approximate surface area is 96.1 Å². The van der Waals surface area contributed by atoms with E-state index in [2.05, 4.69) is 4.98 Å². The first-order valence-corrected chi connectivity index (χ1v) is 4.90. The number of aliphatic carboxylic acids is 1. The van der Waals surface area contributed by atoms with Crippen LogP contribution in [0.3, 0.4) is 0 Å². The molecule has 0 bridgehead atoms. The van der Waals surface area contributed by atoms with Gasteiger partial charge in [-0.1, -0.05) is 12.1 Å². The van der Waals surface area contributed by atoms with Crippen LogP contribution in [0.1, 0.15) is 0 Å². The van der Waals surface area contributed by atoms with Crippen molar-refractivity contribution in [3.63, 3.8) is 0 Å². The summed E-state index contributed by atoms with van der Waals surface area (Å²) in [6.07, 6.45) is 0. The molecular formula is C11H10N2O4. The summed E-state index contributed by atoms with van der Waals surface area (Å²) in [5, 5.41) is 8.98. The first-order valence-electron chi connectivity index (χ1n) is 4.90. The van der Waals surface area contributed by atoms with Crippen LogP contribution < -0.4 is 10.3 Å². The molecule has 0 atom stereocenters. The van der Waals surface area contributed by atoms with Crippen LogP contribution in [-0.4, -0.2) is 27.2 Å². The van der Waals surface area contributed by atoms with E-state index in [1.165, 1.54) is 11.6 Å². The molecule has 1 aromatic heterocycles. The van der Waals surface area contributed by atoms with E-state index in [1.807, 2.05) is 0 Å². The standard InChI is InChI=1S/C11H10N2O4/c1-13-10(16)7-4-2-3-5-8(7)12-11(13)17-6-9(14)15/h2-5H,6H2,1H3,(H,14,15). The number of hydrogen-bond donors (Lipinski definition) is 1. The largest absolute Gasteiger partial charge is 0.479 e. The Morgan fingerprint density at radius 1 is 1.47 bits per heavy atom. The first kappa shape index (κ1) is 11.1. The fraction of sp³-hybridized carbons (Fsp3) is 0.182. The van der Waals surface area contributed by atoms with Gasteiger partial charge in [-0.25, -0.2) is 4.79 Å². The average Bonchev–Trinajstić information content (AvgIpc) is 2.32. The number of benzene rings is 1. The van der Waals surface area contributed by atoms with Crippen molar-refractivity contribution < 1.29 is 14.6 Å². The monoisotopic (exact) mass is 234 g/mol. The van der Waals surface area contributed by atoms with Gasteiger partial charge in [0.2, 0.25) is 0 Å². The third-order valence-electron chi connectivity index (χ3n) is 2.27. The number of carboxylic acids is 1. The van der Waals surface area contributed by atoms with Crippen molar-refractivity contribution in [3.8, 4) is 6.01 Å². The van der Waals surface area contributed by atoms with Gasteiger partial charge in [0.05, 0.1) is 10.9 Å². The molecule has 0 aliphatic heterocycles. The van der Waals surface area contributed by atoms with Crippen molar-refractivity contribution in [2.45, 2.75) is 0 Å². The summed E-state index contributed by atoms with van der Waals surface area (Å²) in [7, 11) is 1.49. The number of ether oxygens (including phenoxy) is 1. The summed E-state index contributed by atoms with van der Waals surface area (Å²) in [4.78, 5) is 26.4. The SMILES string of the molecule is Cn1c(OCC(=O)O)nc2ccccc2c1=O. The Balaban J connectivity index is 2.54. The summed E-state index contributed by atoms with van der Waals surface area (Å²) in [5.41, 5.74) is 0.215. The molecule has 1 aromatic carbocycles. The van der Waals surface area contributed by atoms with E-state index in [4.69, 9.17) is 9.84 Å². The summed E-state index contributed by atoms with van der Waals surface area (Å²) in [6, 6.07) is 6.81. The first-order chi connectivity index (χ1) is 8.09. The Hall–Kier alpha value is -2.37. The summed E-state index contributed by atoms with van der Waals surface area (Å²) < 4.78 is 6.13. The second kappa shape index (κ2) is 4.25. The van der Waals surface area contributed by atoms with Gasteiger partial charge in [0.1, 0.15) is 0 Å². The fourth-order valence-corrected chi connectivity index (χ4v) is 1.45. The lowest BCUT2D eigenvalue weighted by molar-refractivity contribution is -0.139. The topological polar surface area (TPSA) is 81.4 Å². The highest BCUT2D eigenvalue weighted by atomic mass is 16.5. The highest BCUT2D eigenvalue weighted by molar-refractivity contribution is 5.77. The molecule has 0 spiro atoms. The van der Waals surface area contributed by atoms with E-state index in [-0.39, 0.29) is 11.6 Å². The minimum atomic E-state index is -1.12. The molecule has 0 aliphatic rings. The van der Waals surface area contributed by atoms with Crippen molar-refractivity contribution in [2.75, 3.05) is 6.61 Å². The molecular weight excluding hydrogens is 224 g/mol. The number of carbonyl (C=O) groups is 1. The van der Waals surface area contributed by atoms with Crippen LogP contribution in [0.2, 0.25) is 0 Å². The number of fused-ring (bicyclic) bond motifs is 1. The van der Waals surface area contributed by atoms with Gasteiger partial charge < -0.3 is 9.84 Å². The van der Waals surface area contributed by atoms with E-state index < -0.39 is 12.6 Å². The molecule has 0 radical (unpaired) electrons. The number of hydrogen-bond acceptors (Lipinski definition) is 4. The number of rotatable bonds is 3. The molecule has 0 saturated carbocycles. The zero-order chi connectivity index (χ0) is 12.4. The van der Waals surface area contributed by atoms with Crippen LogP contribution in [0.5, 0.6) is 6.01 Å². The highest BCUT2D eigenvalue weighted by Gasteiger charge is 2.09. The van der Waals surface area contributed by atoms with E-state index in [1.54, 1.807) is 24.3 Å². The average molecular weight is 234 g/mol. The smallest absolute Gasteiger partial charge is 0.341 e. The fourth-order valence-electron chi connectivity index (χ4n) is 1.45. The quantitative estimate of drug-likeness (QED) is 0.831. The molecule has 0 saturated heterocycles. The predicted octanol–water partition coefficient (Wildman–Crippen LogP) is 0.397. The van der Waals surface area contributed by atoms with Crippen LogP contribution >= 0.6 is 0 Å². The molecule has 6 nitrogen and oxygen atoms in total. The third kappa shape index (κ3) is 2.10. The minimum absolute atomic E-state index is 0.00361. The van der Waals surface area contributed by atoms with Crippen LogP contribution in [0.15, 0.2) is 29.1 Å². The predicted molar refractivity (Wildman–Crippen MR) is 60.1 cm³/mol. The maximum Gasteiger partial charge on any atom is 0.341 e. The maximum atomic E-state index is 11.9. The Morgan fingerprint density at radius 3 is 2.88 bits per heavy atom. The molecule has 2 aromatic rings. The third-order valence-corrected chi connectivity index (χ3v) is 2.27. The summed E-state index contributed by atoms with van der Waals surface area (Å²) in [6.45, 7) is -0.529. The number of para-hydroxylation sites is 1. The van der Waals surface area contributed by atoms with Crippen molar-refractivity contribution in [1.82, 2.24) is 9.55 Å². The molecule has 17 heavy (non-hydrogen) atoms. The molecule has 0 aliphatic carbocycles. The highest BCUT2D eigenvalue weighted by Crippen LogP contribution is 2.11. The van der Waals surface area contributed by atoms with Crippen LogP contribution in [0.4, 0.5) is 0 Å². The number of aromatic nitrogens is 2. The lowest BCUT2D eigenvalue weighted by Crippen LogP contribution is -2.22. The molecule has 0 fully saturated rings. The van der Waals surface area contributed by atoms with Gasteiger partial charge >= 0.3 is 5.97 Å². The molecule has 1 N–H and O–H groups in total. The molecule has 0 amide bonds. The van der Waals surface area contributed by atoms with Crippen molar-refractivity contribution >= 4 is 16.9 Å². The Kier molecular flexibility index (Phi) is 2.78. The van der Waals surface area contributed by atoms with Crippen LogP contribution in [0.25, 0.3) is 10.9 Å². The lowest BCUT2D eigenvalue weighted by atomic mass is 10.2. The molecule has 0 unspecified atom stereocenters. The van der Waals surface area contributed by atoms with Crippen molar-refractivity contribution in [2.24, 2.45) is 7.05 Å². The Bertz CT molecular complexity index is 633. The van der Waals surface area contributed by atoms with Gasteiger partial charge in [0, 0.05) is 7.05 Å². The summed E-state index contributed by atoms with van der Waals surface area (Å²) >= 11 is 0. The zero-order valence-electron chi connectivity index (χ0n) is 9.08. The van der Waals surface area contributed by atoms with E-state index in [9.17, 15) is 9.59 Å². The molecule has 2 rings (SSSR count). The lowest BCUT2D eigenvalue weighted by Gasteiger charge is -2.08. The van der Waals surface area contributed by atoms with Gasteiger partial charge in [-0.2, -0.15) is 4.98 Å². The van der Waals surface area contributed by atoms with Gasteiger partial charge in [-0.15, -0.1) is 0 Å². The Morgan fingerprint density at radius 2 is 2.18 bits per heavy atom. The second-order valence-electron chi connectivity index (χ2n) is 3.46. The van der Waals surface area contributed by atoms with Crippen molar-refractivity contribution in [3.05, 3.63) is 34.6 Å². The summed E-state index contributed by atoms with van der Waals surface area (Å²) in [5.74, 6) is -1.12. The van der Waals surface area contributed by atoms with Gasteiger partial charge in [-0.05, 0) is 12.1 Å². The van der Waals surface area contributed by atoms with Gasteiger partial charge in [-0.3, -0.25) is 9.36 Å². The second-order valence-corrected chi connectivity index (χ2v) is 3.46. The maximum absolute atomic E-state index is 11.9. The van der Waals surface area contributed by atoms with E-state index in [0.29, 0.717) is 10.9 Å². The van der Waals surface area contributed by atoms with Crippen molar-refractivity contribution in [1.29, 1.82) is 0 Å². The number of nitrogens with zero attached hydrogens (tertiary/aromatic N) is 2. The molecule has 6 heteroatoms. The molecule has 1 heterocycles. The van der Waals surface area contributed by atoms with Gasteiger partial charge in [0.25, 0.3) is 11.6 Å². The number of carboxylic acid groups (broad SMARTS) is 1. The molecule has 88 valence electrons. The minimum Gasteiger partial charge on any atom is -0.479 e. The zero-order valence-corrected chi connectivity index (χ0v) is 9.08. The normalized spacial score (nSPS) is 10.4. The van der Waals surface area contributed by atoms with Crippen LogP contribution in [0, 0.1) is 0 Å². The van der Waals surface area contributed by atoms with E-state index in [0.717, 1.165) is 0 Å². The van der Waals surface area contributed by atoms with Gasteiger partial charge in [0.15, 0.2) is 6.61 Å². The van der Waals surface area contributed by atoms with E-state index >= 15 is 0 Å².